The molecule has 2 rings (SSSR count). The Balaban J connectivity index is 2.63. The van der Waals surface area contributed by atoms with Crippen molar-refractivity contribution < 1.29 is 9.90 Å². The number of carboxylic acids is 1. The smallest absolute Gasteiger partial charge is 0.336 e. The van der Waals surface area contributed by atoms with Gasteiger partial charge in [-0.2, -0.15) is 0 Å². The molecular formula is C13H8BrClO2. The second kappa shape index (κ2) is 4.90. The third-order valence-electron chi connectivity index (χ3n) is 2.37. The first-order valence-electron chi connectivity index (χ1n) is 4.87. The Morgan fingerprint density at radius 1 is 1.18 bits per heavy atom. The first kappa shape index (κ1) is 12.1. The van der Waals surface area contributed by atoms with Crippen LogP contribution < -0.4 is 0 Å². The van der Waals surface area contributed by atoms with E-state index in [-0.39, 0.29) is 5.56 Å². The Hall–Kier alpha value is -1.32. The Labute approximate surface area is 112 Å². The minimum Gasteiger partial charge on any atom is -0.478 e. The molecule has 0 unspecified atom stereocenters. The number of hydrogen-bond acceptors (Lipinski definition) is 1. The standard InChI is InChI=1S/C13H8BrClO2/c14-11-7-12(15)9(6-10(11)13(16)17)8-4-2-1-3-5-8/h1-7H,(H,16,17). The highest BCUT2D eigenvalue weighted by Crippen LogP contribution is 2.32. The van der Waals surface area contributed by atoms with Gasteiger partial charge in [0.15, 0.2) is 0 Å². The molecule has 0 heterocycles. The predicted octanol–water partition coefficient (Wildman–Crippen LogP) is 4.47. The summed E-state index contributed by atoms with van der Waals surface area (Å²) < 4.78 is 0.481. The fourth-order valence-corrected chi connectivity index (χ4v) is 2.47. The lowest BCUT2D eigenvalue weighted by molar-refractivity contribution is 0.0696. The number of rotatable bonds is 2. The van der Waals surface area contributed by atoms with Crippen molar-refractivity contribution in [2.24, 2.45) is 0 Å². The molecule has 4 heteroatoms. The van der Waals surface area contributed by atoms with E-state index in [1.807, 2.05) is 30.3 Å². The van der Waals surface area contributed by atoms with Crippen LogP contribution in [0.4, 0.5) is 0 Å². The molecule has 0 radical (unpaired) electrons. The van der Waals surface area contributed by atoms with E-state index in [9.17, 15) is 4.79 Å². The van der Waals surface area contributed by atoms with Gasteiger partial charge in [0, 0.05) is 15.1 Å². The summed E-state index contributed by atoms with van der Waals surface area (Å²) in [5.41, 5.74) is 1.81. The predicted molar refractivity (Wildman–Crippen MR) is 71.5 cm³/mol. The molecule has 0 spiro atoms. The van der Waals surface area contributed by atoms with Crippen LogP contribution in [-0.4, -0.2) is 11.1 Å². The van der Waals surface area contributed by atoms with Crippen molar-refractivity contribution in [2.45, 2.75) is 0 Å². The van der Waals surface area contributed by atoms with Gasteiger partial charge in [-0.05, 0) is 33.6 Å². The normalized spacial score (nSPS) is 10.2. The first-order chi connectivity index (χ1) is 8.09. The van der Waals surface area contributed by atoms with Crippen molar-refractivity contribution in [1.82, 2.24) is 0 Å². The first-order valence-corrected chi connectivity index (χ1v) is 6.04. The van der Waals surface area contributed by atoms with E-state index in [1.165, 1.54) is 0 Å². The van der Waals surface area contributed by atoms with E-state index in [0.29, 0.717) is 15.1 Å². The SMILES string of the molecule is O=C(O)c1cc(-c2ccccc2)c(Cl)cc1Br. The Kier molecular flexibility index (Phi) is 3.50. The zero-order valence-corrected chi connectivity index (χ0v) is 11.0. The van der Waals surface area contributed by atoms with E-state index >= 15 is 0 Å². The molecular weight excluding hydrogens is 303 g/mol. The molecule has 2 nitrogen and oxygen atoms in total. The summed E-state index contributed by atoms with van der Waals surface area (Å²) >= 11 is 9.31. The summed E-state index contributed by atoms with van der Waals surface area (Å²) in [6.45, 7) is 0. The highest BCUT2D eigenvalue weighted by Gasteiger charge is 2.13. The minimum atomic E-state index is -0.981. The van der Waals surface area contributed by atoms with E-state index in [4.69, 9.17) is 16.7 Å². The highest BCUT2D eigenvalue weighted by atomic mass is 79.9. The summed E-state index contributed by atoms with van der Waals surface area (Å²) in [5, 5.41) is 9.58. The number of aromatic carboxylic acids is 1. The van der Waals surface area contributed by atoms with Crippen LogP contribution in [0.15, 0.2) is 46.9 Å². The van der Waals surface area contributed by atoms with Crippen LogP contribution in [0.2, 0.25) is 5.02 Å². The molecule has 0 amide bonds. The van der Waals surface area contributed by atoms with Crippen molar-refractivity contribution >= 4 is 33.5 Å². The Morgan fingerprint density at radius 3 is 2.41 bits per heavy atom. The molecule has 2 aromatic carbocycles. The van der Waals surface area contributed by atoms with Gasteiger partial charge in [0.1, 0.15) is 0 Å². The van der Waals surface area contributed by atoms with Gasteiger partial charge in [0.05, 0.1) is 5.56 Å². The van der Waals surface area contributed by atoms with Crippen molar-refractivity contribution in [1.29, 1.82) is 0 Å². The van der Waals surface area contributed by atoms with Crippen LogP contribution in [0.3, 0.4) is 0 Å². The fraction of sp³-hybridized carbons (Fsp3) is 0. The van der Waals surface area contributed by atoms with Gasteiger partial charge in [0.25, 0.3) is 0 Å². The van der Waals surface area contributed by atoms with Gasteiger partial charge in [-0.3, -0.25) is 0 Å². The summed E-state index contributed by atoms with van der Waals surface area (Å²) in [7, 11) is 0. The van der Waals surface area contributed by atoms with Crippen LogP contribution in [0.5, 0.6) is 0 Å². The Bertz CT molecular complexity index is 567. The summed E-state index contributed by atoms with van der Waals surface area (Å²) in [6.07, 6.45) is 0. The molecule has 0 aliphatic rings. The number of carbonyl (C=O) groups is 1. The number of hydrogen-bond donors (Lipinski definition) is 1. The van der Waals surface area contributed by atoms with Gasteiger partial charge in [-0.1, -0.05) is 41.9 Å². The lowest BCUT2D eigenvalue weighted by atomic mass is 10.0. The summed E-state index contributed by atoms with van der Waals surface area (Å²) in [4.78, 5) is 11.0. The fourth-order valence-electron chi connectivity index (χ4n) is 1.55. The molecule has 86 valence electrons. The average Bonchev–Trinajstić information content (AvgIpc) is 2.29. The molecule has 0 bridgehead atoms. The minimum absolute atomic E-state index is 0.202. The molecule has 2 aromatic rings. The molecule has 0 atom stereocenters. The average molecular weight is 312 g/mol. The quantitative estimate of drug-likeness (QED) is 0.888. The van der Waals surface area contributed by atoms with Gasteiger partial charge in [0.2, 0.25) is 0 Å². The maximum Gasteiger partial charge on any atom is 0.336 e. The molecule has 0 aromatic heterocycles. The van der Waals surface area contributed by atoms with Crippen molar-refractivity contribution in [2.75, 3.05) is 0 Å². The van der Waals surface area contributed by atoms with Crippen LogP contribution in [0, 0.1) is 0 Å². The molecule has 0 saturated carbocycles. The van der Waals surface area contributed by atoms with Gasteiger partial charge in [-0.15, -0.1) is 0 Å². The maximum atomic E-state index is 11.0. The van der Waals surface area contributed by atoms with E-state index in [0.717, 1.165) is 5.56 Å². The van der Waals surface area contributed by atoms with E-state index < -0.39 is 5.97 Å². The molecule has 1 N–H and O–H groups in total. The summed E-state index contributed by atoms with van der Waals surface area (Å²) in [5.74, 6) is -0.981. The lowest BCUT2D eigenvalue weighted by Gasteiger charge is -2.07. The highest BCUT2D eigenvalue weighted by molar-refractivity contribution is 9.10. The van der Waals surface area contributed by atoms with Gasteiger partial charge >= 0.3 is 5.97 Å². The third-order valence-corrected chi connectivity index (χ3v) is 3.34. The monoisotopic (exact) mass is 310 g/mol. The topological polar surface area (TPSA) is 37.3 Å². The maximum absolute atomic E-state index is 11.0. The Morgan fingerprint density at radius 2 is 1.82 bits per heavy atom. The lowest BCUT2D eigenvalue weighted by Crippen LogP contribution is -1.98. The zero-order valence-electron chi connectivity index (χ0n) is 8.65. The number of benzene rings is 2. The van der Waals surface area contributed by atoms with Crippen LogP contribution in [0.1, 0.15) is 10.4 Å². The third kappa shape index (κ3) is 2.51. The second-order valence-electron chi connectivity index (χ2n) is 3.48. The van der Waals surface area contributed by atoms with Crippen molar-refractivity contribution in [3.63, 3.8) is 0 Å². The van der Waals surface area contributed by atoms with Gasteiger partial charge in [-0.25, -0.2) is 4.79 Å². The van der Waals surface area contributed by atoms with Gasteiger partial charge < -0.3 is 5.11 Å². The second-order valence-corrected chi connectivity index (χ2v) is 4.74. The van der Waals surface area contributed by atoms with E-state index in [2.05, 4.69) is 15.9 Å². The number of halogens is 2. The summed E-state index contributed by atoms with van der Waals surface area (Å²) in [6, 6.07) is 12.6. The largest absolute Gasteiger partial charge is 0.478 e. The van der Waals surface area contributed by atoms with Crippen molar-refractivity contribution in [3.05, 3.63) is 57.5 Å². The molecule has 0 saturated heterocycles. The van der Waals surface area contributed by atoms with Crippen molar-refractivity contribution in [3.8, 4) is 11.1 Å². The number of carboxylic acid groups (broad SMARTS) is 1. The zero-order chi connectivity index (χ0) is 12.4. The van der Waals surface area contributed by atoms with Crippen LogP contribution in [-0.2, 0) is 0 Å². The van der Waals surface area contributed by atoms with Crippen LogP contribution in [0.25, 0.3) is 11.1 Å². The molecule has 17 heavy (non-hydrogen) atoms. The van der Waals surface area contributed by atoms with E-state index in [1.54, 1.807) is 12.1 Å². The molecule has 0 fully saturated rings. The van der Waals surface area contributed by atoms with Crippen LogP contribution >= 0.6 is 27.5 Å². The molecule has 0 aliphatic carbocycles. The molecule has 0 aliphatic heterocycles.